The average Bonchev–Trinajstić information content (AvgIpc) is 2.84. The van der Waals surface area contributed by atoms with Crippen LogP contribution in [0, 0.1) is 22.2 Å². The topological polar surface area (TPSA) is 35.8 Å². The van der Waals surface area contributed by atoms with Gasteiger partial charge in [0.1, 0.15) is 0 Å². The van der Waals surface area contributed by atoms with E-state index in [-0.39, 0.29) is 5.41 Å². The molecule has 0 bridgehead atoms. The number of rotatable bonds is 6. The quantitative estimate of drug-likeness (QED) is 0.660. The van der Waals surface area contributed by atoms with Gasteiger partial charge in [-0.3, -0.25) is 0 Å². The van der Waals surface area contributed by atoms with Gasteiger partial charge in [0, 0.05) is 6.54 Å². The lowest BCUT2D eigenvalue weighted by atomic mass is 9.90. The van der Waals surface area contributed by atoms with E-state index in [2.05, 4.69) is 18.3 Å². The molecule has 1 aliphatic carbocycles. The predicted octanol–water partition coefficient (Wildman–Crippen LogP) is 2.71. The van der Waals surface area contributed by atoms with Gasteiger partial charge in [-0.25, -0.2) is 0 Å². The van der Waals surface area contributed by atoms with Gasteiger partial charge < -0.3 is 5.32 Å². The fourth-order valence-electron chi connectivity index (χ4n) is 1.49. The molecule has 1 fully saturated rings. The molecule has 0 aromatic heterocycles. The zero-order valence-corrected chi connectivity index (χ0v) is 9.69. The highest BCUT2D eigenvalue weighted by molar-refractivity contribution is 4.92. The molecule has 1 N–H and O–H groups in total. The van der Waals surface area contributed by atoms with Crippen molar-refractivity contribution in [3.8, 4) is 6.07 Å². The first-order valence-electron chi connectivity index (χ1n) is 5.59. The van der Waals surface area contributed by atoms with Crippen molar-refractivity contribution in [1.82, 2.24) is 5.32 Å². The Morgan fingerprint density at radius 3 is 2.57 bits per heavy atom. The fraction of sp³-hybridized carbons (Fsp3) is 0.917. The Bertz CT molecular complexity index is 221. The van der Waals surface area contributed by atoms with Gasteiger partial charge in [0.05, 0.1) is 11.5 Å². The first-order chi connectivity index (χ1) is 6.47. The Morgan fingerprint density at radius 1 is 1.43 bits per heavy atom. The van der Waals surface area contributed by atoms with Crippen molar-refractivity contribution >= 4 is 0 Å². The lowest BCUT2D eigenvalue weighted by Crippen LogP contribution is -2.24. The van der Waals surface area contributed by atoms with Crippen molar-refractivity contribution < 1.29 is 0 Å². The minimum absolute atomic E-state index is 0.148. The summed E-state index contributed by atoms with van der Waals surface area (Å²) in [5.41, 5.74) is 0.454. The van der Waals surface area contributed by atoms with Gasteiger partial charge >= 0.3 is 0 Å². The molecule has 0 atom stereocenters. The standard InChI is InChI=1S/C12H22N2/c1-11(2,9-13)5-4-8-14-10-12(3)6-7-12/h14H,4-8,10H2,1-3H3. The Labute approximate surface area is 87.7 Å². The van der Waals surface area contributed by atoms with Gasteiger partial charge in [0.2, 0.25) is 0 Å². The Balaban J connectivity index is 1.97. The molecule has 1 rings (SSSR count). The molecule has 0 aromatic rings. The van der Waals surface area contributed by atoms with Gasteiger partial charge in [-0.1, -0.05) is 6.92 Å². The van der Waals surface area contributed by atoms with E-state index >= 15 is 0 Å². The first-order valence-corrected chi connectivity index (χ1v) is 5.59. The summed E-state index contributed by atoms with van der Waals surface area (Å²) in [6.45, 7) is 8.56. The average molecular weight is 194 g/mol. The van der Waals surface area contributed by atoms with Crippen LogP contribution in [-0.4, -0.2) is 13.1 Å². The molecule has 0 spiro atoms. The van der Waals surface area contributed by atoms with Crippen molar-refractivity contribution in [2.75, 3.05) is 13.1 Å². The molecular formula is C12H22N2. The first kappa shape index (κ1) is 11.5. The maximum atomic E-state index is 8.82. The van der Waals surface area contributed by atoms with Crippen molar-refractivity contribution in [1.29, 1.82) is 5.26 Å². The summed E-state index contributed by atoms with van der Waals surface area (Å²) in [6.07, 6.45) is 4.86. The summed E-state index contributed by atoms with van der Waals surface area (Å²) in [5.74, 6) is 0. The molecule has 0 unspecified atom stereocenters. The Kier molecular flexibility index (Phi) is 3.55. The molecule has 1 saturated carbocycles. The normalized spacial score (nSPS) is 19.0. The number of nitrogens with one attached hydrogen (secondary N) is 1. The van der Waals surface area contributed by atoms with E-state index in [0.717, 1.165) is 25.9 Å². The van der Waals surface area contributed by atoms with Gasteiger partial charge in [0.25, 0.3) is 0 Å². The van der Waals surface area contributed by atoms with Crippen molar-refractivity contribution in [3.63, 3.8) is 0 Å². The molecule has 0 aliphatic heterocycles. The second kappa shape index (κ2) is 4.31. The third-order valence-electron chi connectivity index (χ3n) is 3.11. The molecule has 0 aromatic carbocycles. The van der Waals surface area contributed by atoms with Crippen LogP contribution in [-0.2, 0) is 0 Å². The second-order valence-electron chi connectivity index (χ2n) is 5.59. The summed E-state index contributed by atoms with van der Waals surface area (Å²) in [5, 5.41) is 12.3. The summed E-state index contributed by atoms with van der Waals surface area (Å²) >= 11 is 0. The van der Waals surface area contributed by atoms with Crippen LogP contribution in [0.1, 0.15) is 46.5 Å². The number of hydrogen-bond donors (Lipinski definition) is 1. The predicted molar refractivity (Wildman–Crippen MR) is 58.8 cm³/mol. The highest BCUT2D eigenvalue weighted by Gasteiger charge is 2.36. The number of nitriles is 1. The summed E-state index contributed by atoms with van der Waals surface area (Å²) in [4.78, 5) is 0. The smallest absolute Gasteiger partial charge is 0.0683 e. The zero-order chi connectivity index (χ0) is 10.7. The van der Waals surface area contributed by atoms with E-state index in [1.165, 1.54) is 12.8 Å². The van der Waals surface area contributed by atoms with Crippen LogP contribution < -0.4 is 5.32 Å². The third kappa shape index (κ3) is 4.11. The minimum atomic E-state index is -0.148. The highest BCUT2D eigenvalue weighted by Crippen LogP contribution is 2.43. The van der Waals surface area contributed by atoms with E-state index in [4.69, 9.17) is 5.26 Å². The summed E-state index contributed by atoms with van der Waals surface area (Å²) in [6, 6.07) is 2.33. The van der Waals surface area contributed by atoms with E-state index in [0.29, 0.717) is 5.41 Å². The highest BCUT2D eigenvalue weighted by atomic mass is 14.9. The summed E-state index contributed by atoms with van der Waals surface area (Å²) in [7, 11) is 0. The lowest BCUT2D eigenvalue weighted by Gasteiger charge is -2.15. The second-order valence-corrected chi connectivity index (χ2v) is 5.59. The fourth-order valence-corrected chi connectivity index (χ4v) is 1.49. The van der Waals surface area contributed by atoms with Gasteiger partial charge in [-0.05, 0) is 51.5 Å². The van der Waals surface area contributed by atoms with Gasteiger partial charge in [-0.15, -0.1) is 0 Å². The minimum Gasteiger partial charge on any atom is -0.316 e. The molecule has 14 heavy (non-hydrogen) atoms. The van der Waals surface area contributed by atoms with Crippen molar-refractivity contribution in [2.45, 2.75) is 46.5 Å². The largest absolute Gasteiger partial charge is 0.316 e. The third-order valence-corrected chi connectivity index (χ3v) is 3.11. The van der Waals surface area contributed by atoms with Crippen LogP contribution in [0.15, 0.2) is 0 Å². The summed E-state index contributed by atoms with van der Waals surface area (Å²) < 4.78 is 0. The van der Waals surface area contributed by atoms with Crippen LogP contribution in [0.4, 0.5) is 0 Å². The number of nitrogens with zero attached hydrogens (tertiary/aromatic N) is 1. The van der Waals surface area contributed by atoms with Crippen LogP contribution in [0.25, 0.3) is 0 Å². The molecule has 0 radical (unpaired) electrons. The molecule has 0 saturated heterocycles. The molecular weight excluding hydrogens is 172 g/mol. The van der Waals surface area contributed by atoms with Crippen molar-refractivity contribution in [3.05, 3.63) is 0 Å². The van der Waals surface area contributed by atoms with E-state index in [1.54, 1.807) is 0 Å². The maximum absolute atomic E-state index is 8.82. The Morgan fingerprint density at radius 2 is 2.07 bits per heavy atom. The van der Waals surface area contributed by atoms with Crippen LogP contribution >= 0.6 is 0 Å². The lowest BCUT2D eigenvalue weighted by molar-refractivity contribution is 0.414. The monoisotopic (exact) mass is 194 g/mol. The van der Waals surface area contributed by atoms with Gasteiger partial charge in [0.15, 0.2) is 0 Å². The van der Waals surface area contributed by atoms with E-state index < -0.39 is 0 Å². The van der Waals surface area contributed by atoms with Gasteiger partial charge in [-0.2, -0.15) is 5.26 Å². The zero-order valence-electron chi connectivity index (χ0n) is 9.69. The molecule has 2 nitrogen and oxygen atoms in total. The molecule has 2 heteroatoms. The molecule has 80 valence electrons. The number of hydrogen-bond acceptors (Lipinski definition) is 2. The maximum Gasteiger partial charge on any atom is 0.0683 e. The molecule has 0 heterocycles. The SMILES string of the molecule is CC(C)(C#N)CCCNCC1(C)CC1. The van der Waals surface area contributed by atoms with Crippen LogP contribution in [0.3, 0.4) is 0 Å². The Hall–Kier alpha value is -0.550. The van der Waals surface area contributed by atoms with E-state index in [9.17, 15) is 0 Å². The van der Waals surface area contributed by atoms with Crippen LogP contribution in [0.5, 0.6) is 0 Å². The van der Waals surface area contributed by atoms with Crippen molar-refractivity contribution in [2.24, 2.45) is 10.8 Å². The molecule has 0 amide bonds. The van der Waals surface area contributed by atoms with Crippen LogP contribution in [0.2, 0.25) is 0 Å². The van der Waals surface area contributed by atoms with E-state index in [1.807, 2.05) is 13.8 Å². The molecule has 1 aliphatic rings.